The maximum atomic E-state index is 6.79. The van der Waals surface area contributed by atoms with Crippen LogP contribution in [0.2, 0.25) is 0 Å². The van der Waals surface area contributed by atoms with Crippen LogP contribution < -0.4 is 9.55 Å². The number of hydrogen-bond donors (Lipinski definition) is 0. The molecule has 0 saturated carbocycles. The van der Waals surface area contributed by atoms with Gasteiger partial charge in [-0.3, -0.25) is 0 Å². The molecule has 2 aliphatic rings. The van der Waals surface area contributed by atoms with Crippen molar-refractivity contribution in [2.75, 3.05) is 0 Å². The minimum Gasteiger partial charge on any atom is -0.399 e. The zero-order valence-electron chi connectivity index (χ0n) is 41.8. The molecule has 6 heterocycles. The van der Waals surface area contributed by atoms with Gasteiger partial charge in [-0.15, -0.1) is 45.3 Å². The Morgan fingerprint density at radius 2 is 0.781 bits per heavy atom. The lowest BCUT2D eigenvalue weighted by molar-refractivity contribution is 0.00578. The monoisotopic (exact) mass is 943 g/mol. The van der Waals surface area contributed by atoms with Crippen molar-refractivity contribution >= 4 is 89.3 Å². The molecule has 4 nitrogen and oxygen atoms in total. The van der Waals surface area contributed by atoms with Crippen molar-refractivity contribution in [2.45, 2.75) is 221 Å². The summed E-state index contributed by atoms with van der Waals surface area (Å²) in [7, 11) is -0.836. The summed E-state index contributed by atoms with van der Waals surface area (Å²) in [6.07, 6.45) is 23.5. The van der Waals surface area contributed by atoms with Gasteiger partial charge in [-0.2, -0.15) is 0 Å². The van der Waals surface area contributed by atoms with Crippen molar-refractivity contribution in [3.8, 4) is 20.9 Å². The molecule has 0 aliphatic carbocycles. The van der Waals surface area contributed by atoms with Crippen molar-refractivity contribution < 1.29 is 18.6 Å². The largest absolute Gasteiger partial charge is 0.505 e. The van der Waals surface area contributed by atoms with Gasteiger partial charge in [0.2, 0.25) is 0 Å². The fourth-order valence-corrected chi connectivity index (χ4v) is 14.6. The standard InChI is InChI=1S/C54H80B2O4S4/c1-13-17-21-23-27-37(25-19-15-3)33-39-29-31-43(61-39)47-41-35-45(55-57-51(5,6)52(7,8)58-55)64-50(41)48(42-36-46(63-49(42)47)56-59-53(9,10)54(11,12)60-56)44-32-30-40(62-44)34-38(26-20-16-4)28-24-22-18-14-2/h29-32,35-38H,13-28,33-34H2,1-12H3. The van der Waals surface area contributed by atoms with Gasteiger partial charge in [0.25, 0.3) is 0 Å². The Kier molecular flexibility index (Phi) is 16.9. The molecule has 0 spiro atoms. The predicted octanol–water partition coefficient (Wildman–Crippen LogP) is 16.8. The molecule has 2 fully saturated rings. The normalized spacial score (nSPS) is 18.9. The number of hydrogen-bond acceptors (Lipinski definition) is 8. The van der Waals surface area contributed by atoms with Crippen molar-refractivity contribution in [3.63, 3.8) is 0 Å². The van der Waals surface area contributed by atoms with Gasteiger partial charge in [-0.1, -0.05) is 130 Å². The molecule has 4 aromatic heterocycles. The highest BCUT2D eigenvalue weighted by molar-refractivity contribution is 7.31. The quantitative estimate of drug-likeness (QED) is 0.0456. The van der Waals surface area contributed by atoms with Gasteiger partial charge in [-0.25, -0.2) is 0 Å². The molecular weight excluding hydrogens is 862 g/mol. The predicted molar refractivity (Wildman–Crippen MR) is 286 cm³/mol. The Hall–Kier alpha value is -1.49. The number of thiophene rings is 4. The third kappa shape index (κ3) is 11.2. The summed E-state index contributed by atoms with van der Waals surface area (Å²) in [5.41, 5.74) is 1.01. The Bertz CT molecular complexity index is 2030. The van der Waals surface area contributed by atoms with Gasteiger partial charge in [0.15, 0.2) is 0 Å². The number of rotatable bonds is 24. The first-order chi connectivity index (χ1) is 30.5. The average molecular weight is 943 g/mol. The van der Waals surface area contributed by atoms with Crippen LogP contribution in [0.25, 0.3) is 41.1 Å². The first-order valence-corrected chi connectivity index (χ1v) is 28.7. The van der Waals surface area contributed by atoms with Crippen molar-refractivity contribution in [3.05, 3.63) is 46.2 Å². The molecule has 7 rings (SSSR count). The van der Waals surface area contributed by atoms with Crippen LogP contribution in [-0.2, 0) is 31.5 Å². The van der Waals surface area contributed by atoms with E-state index in [1.54, 1.807) is 0 Å². The number of unbranched alkanes of at least 4 members (excludes halogenated alkanes) is 8. The second-order valence-electron chi connectivity index (χ2n) is 21.4. The third-order valence-electron chi connectivity index (χ3n) is 15.1. The zero-order valence-corrected chi connectivity index (χ0v) is 45.0. The molecule has 64 heavy (non-hydrogen) atoms. The molecular formula is C54H80B2O4S4. The van der Waals surface area contributed by atoms with Crippen LogP contribution in [0.15, 0.2) is 36.4 Å². The van der Waals surface area contributed by atoms with E-state index in [2.05, 4.69) is 119 Å². The lowest BCUT2D eigenvalue weighted by Crippen LogP contribution is -2.41. The van der Waals surface area contributed by atoms with E-state index in [0.717, 1.165) is 21.4 Å². The highest BCUT2D eigenvalue weighted by atomic mass is 32.1. The van der Waals surface area contributed by atoms with E-state index >= 15 is 0 Å². The summed E-state index contributed by atoms with van der Waals surface area (Å²) in [6, 6.07) is 14.6. The molecule has 5 aromatic rings. The minimum atomic E-state index is -0.418. The second-order valence-corrected chi connectivity index (χ2v) is 25.9. The summed E-state index contributed by atoms with van der Waals surface area (Å²) in [5.74, 6) is 1.48. The summed E-state index contributed by atoms with van der Waals surface area (Å²) in [5, 5.41) is 2.61. The van der Waals surface area contributed by atoms with Crippen LogP contribution in [0, 0.1) is 11.8 Å². The van der Waals surface area contributed by atoms with Crippen LogP contribution in [0.1, 0.15) is 196 Å². The van der Waals surface area contributed by atoms with Gasteiger partial charge in [0, 0.05) is 60.4 Å². The van der Waals surface area contributed by atoms with Crippen LogP contribution in [0.3, 0.4) is 0 Å². The molecule has 2 unspecified atom stereocenters. The topological polar surface area (TPSA) is 36.9 Å². The highest BCUT2D eigenvalue weighted by Crippen LogP contribution is 2.51. The Balaban J connectivity index is 1.37. The maximum absolute atomic E-state index is 6.79. The molecule has 1 aromatic carbocycles. The van der Waals surface area contributed by atoms with E-state index in [1.165, 1.54) is 166 Å². The summed E-state index contributed by atoms with van der Waals surface area (Å²) in [4.78, 5) is 5.73. The summed E-state index contributed by atoms with van der Waals surface area (Å²) >= 11 is 7.79. The SMILES string of the molecule is CCCCCCC(CCCC)Cc1ccc(-c2c3cc(B4OC(C)(C)C(C)(C)O4)sc3c(-c3ccc(CC(CCCC)CCCCCC)s3)c3cc(B4OC(C)(C)C(C)(C)O4)sc23)s1. The average Bonchev–Trinajstić information content (AvgIpc) is 4.10. The summed E-state index contributed by atoms with van der Waals surface area (Å²) in [6.45, 7) is 26.6. The van der Waals surface area contributed by atoms with Gasteiger partial charge < -0.3 is 18.6 Å². The third-order valence-corrected chi connectivity index (χ3v) is 19.7. The first-order valence-electron chi connectivity index (χ1n) is 25.4. The molecule has 10 heteroatoms. The van der Waals surface area contributed by atoms with E-state index in [-0.39, 0.29) is 0 Å². The smallest absolute Gasteiger partial charge is 0.399 e. The van der Waals surface area contributed by atoms with E-state index in [4.69, 9.17) is 18.6 Å². The number of fused-ring (bicyclic) bond motifs is 2. The van der Waals surface area contributed by atoms with Gasteiger partial charge >= 0.3 is 14.2 Å². The number of benzene rings is 1. The van der Waals surface area contributed by atoms with Crippen LogP contribution in [-0.4, -0.2) is 36.6 Å². The highest BCUT2D eigenvalue weighted by Gasteiger charge is 2.54. The van der Waals surface area contributed by atoms with Crippen molar-refractivity contribution in [1.82, 2.24) is 0 Å². The maximum Gasteiger partial charge on any atom is 0.505 e. The zero-order chi connectivity index (χ0) is 45.9. The van der Waals surface area contributed by atoms with Crippen molar-refractivity contribution in [1.29, 1.82) is 0 Å². The van der Waals surface area contributed by atoms with E-state index in [0.29, 0.717) is 0 Å². The minimum absolute atomic E-state index is 0.418. The van der Waals surface area contributed by atoms with Gasteiger partial charge in [0.1, 0.15) is 0 Å². The lowest BCUT2D eigenvalue weighted by atomic mass is 9.86. The molecule has 0 N–H and O–H groups in total. The fraction of sp³-hybridized carbons (Fsp3) is 0.667. The van der Waals surface area contributed by atoms with E-state index in [1.807, 2.05) is 45.3 Å². The second kappa shape index (κ2) is 21.4. The Morgan fingerprint density at radius 1 is 0.438 bits per heavy atom. The molecule has 0 bridgehead atoms. The molecule has 350 valence electrons. The first kappa shape index (κ1) is 50.4. The van der Waals surface area contributed by atoms with Gasteiger partial charge in [0.05, 0.1) is 22.4 Å². The Labute approximate surface area is 405 Å². The van der Waals surface area contributed by atoms with Crippen molar-refractivity contribution in [2.24, 2.45) is 11.8 Å². The molecule has 2 aliphatic heterocycles. The van der Waals surface area contributed by atoms with Gasteiger partial charge in [-0.05, 0) is 116 Å². The fourth-order valence-electron chi connectivity index (χ4n) is 9.66. The molecule has 0 radical (unpaired) electrons. The van der Waals surface area contributed by atoms with Crippen LogP contribution >= 0.6 is 45.3 Å². The van der Waals surface area contributed by atoms with E-state index in [9.17, 15) is 0 Å². The molecule has 2 saturated heterocycles. The summed E-state index contributed by atoms with van der Waals surface area (Å²) < 4.78 is 32.1. The molecule has 0 amide bonds. The molecule has 2 atom stereocenters. The van der Waals surface area contributed by atoms with Crippen LogP contribution in [0.5, 0.6) is 0 Å². The Morgan fingerprint density at radius 3 is 1.12 bits per heavy atom. The lowest BCUT2D eigenvalue weighted by Gasteiger charge is -2.32. The van der Waals surface area contributed by atoms with E-state index < -0.39 is 36.6 Å². The van der Waals surface area contributed by atoms with Crippen LogP contribution in [0.4, 0.5) is 0 Å².